The molecule has 3 rings (SSSR count). The van der Waals surface area contributed by atoms with Gasteiger partial charge in [0.1, 0.15) is 0 Å². The first kappa shape index (κ1) is 13.6. The first-order valence-electron chi connectivity index (χ1n) is 7.20. The van der Waals surface area contributed by atoms with Crippen molar-refractivity contribution in [1.29, 1.82) is 0 Å². The van der Waals surface area contributed by atoms with Gasteiger partial charge in [-0.1, -0.05) is 18.2 Å². The fraction of sp³-hybridized carbons (Fsp3) is 0.294. The van der Waals surface area contributed by atoms with E-state index in [1.807, 2.05) is 71.2 Å². The van der Waals surface area contributed by atoms with Crippen molar-refractivity contribution in [2.45, 2.75) is 13.0 Å². The van der Waals surface area contributed by atoms with Crippen molar-refractivity contribution in [2.24, 2.45) is 0 Å². The molecule has 0 saturated heterocycles. The van der Waals surface area contributed by atoms with Crippen LogP contribution in [0.3, 0.4) is 0 Å². The average Bonchev–Trinajstić information content (AvgIpc) is 2.92. The Bertz CT molecular complexity index is 649. The number of rotatable bonds is 3. The lowest BCUT2D eigenvalue weighted by Gasteiger charge is -2.15. The van der Waals surface area contributed by atoms with Gasteiger partial charge in [-0.2, -0.15) is 4.57 Å². The van der Waals surface area contributed by atoms with E-state index in [9.17, 15) is 4.79 Å². The Morgan fingerprint density at radius 1 is 1.19 bits per heavy atom. The minimum absolute atomic E-state index is 0.141. The molecule has 1 aliphatic heterocycles. The lowest BCUT2D eigenvalue weighted by atomic mass is 10.2. The number of amides is 1. The van der Waals surface area contributed by atoms with E-state index in [2.05, 4.69) is 6.07 Å². The molecule has 0 spiro atoms. The van der Waals surface area contributed by atoms with Crippen molar-refractivity contribution in [3.63, 3.8) is 0 Å². The van der Waals surface area contributed by atoms with Crippen LogP contribution in [0, 0.1) is 0 Å². The minimum Gasteiger partial charge on any atom is -0.377 e. The molecule has 2 heterocycles. The quantitative estimate of drug-likeness (QED) is 0.800. The molecule has 0 bridgehead atoms. The third kappa shape index (κ3) is 2.75. The molecule has 4 heteroatoms. The molecule has 4 nitrogen and oxygen atoms in total. The fourth-order valence-corrected chi connectivity index (χ4v) is 2.69. The molecule has 1 aliphatic rings. The van der Waals surface area contributed by atoms with Crippen LogP contribution in [-0.4, -0.2) is 26.5 Å². The van der Waals surface area contributed by atoms with Crippen LogP contribution in [0.1, 0.15) is 5.56 Å². The lowest BCUT2D eigenvalue weighted by Crippen LogP contribution is -2.44. The van der Waals surface area contributed by atoms with Gasteiger partial charge < -0.3 is 9.80 Å². The van der Waals surface area contributed by atoms with Crippen LogP contribution in [0.4, 0.5) is 11.4 Å². The average molecular weight is 282 g/mol. The van der Waals surface area contributed by atoms with Gasteiger partial charge in [-0.05, 0) is 18.1 Å². The van der Waals surface area contributed by atoms with Crippen molar-refractivity contribution in [2.75, 3.05) is 30.4 Å². The largest absolute Gasteiger partial charge is 0.377 e. The second-order valence-electron chi connectivity index (χ2n) is 5.55. The van der Waals surface area contributed by atoms with Gasteiger partial charge in [0.15, 0.2) is 12.4 Å². The Kier molecular flexibility index (Phi) is 3.60. The summed E-state index contributed by atoms with van der Waals surface area (Å²) in [4.78, 5) is 16.4. The molecule has 0 saturated carbocycles. The zero-order valence-electron chi connectivity index (χ0n) is 12.5. The maximum atomic E-state index is 12.5. The molecule has 1 aromatic carbocycles. The summed E-state index contributed by atoms with van der Waals surface area (Å²) in [5.41, 5.74) is 3.46. The third-order valence-corrected chi connectivity index (χ3v) is 3.90. The van der Waals surface area contributed by atoms with Gasteiger partial charge in [0.2, 0.25) is 6.54 Å². The molecule has 1 amide bonds. The number of para-hydroxylation sites is 1. The Labute approximate surface area is 125 Å². The van der Waals surface area contributed by atoms with E-state index < -0.39 is 0 Å². The predicted octanol–water partition coefficient (Wildman–Crippen LogP) is 1.63. The van der Waals surface area contributed by atoms with Crippen molar-refractivity contribution in [3.05, 3.63) is 54.4 Å². The summed E-state index contributed by atoms with van der Waals surface area (Å²) in [6, 6.07) is 12.2. The highest BCUT2D eigenvalue weighted by molar-refractivity contribution is 5.94. The second kappa shape index (κ2) is 5.56. The molecule has 21 heavy (non-hydrogen) atoms. The summed E-state index contributed by atoms with van der Waals surface area (Å²) in [6.07, 6.45) is 4.86. The van der Waals surface area contributed by atoms with Gasteiger partial charge in [-0.25, -0.2) is 0 Å². The summed E-state index contributed by atoms with van der Waals surface area (Å²) >= 11 is 0. The van der Waals surface area contributed by atoms with E-state index in [4.69, 9.17) is 0 Å². The molecule has 0 aliphatic carbocycles. The molecular formula is C17H20N3O+. The molecule has 0 N–H and O–H groups in total. The number of aromatic nitrogens is 1. The Balaban J connectivity index is 1.73. The SMILES string of the molecule is CN(C)c1cc[n+](CC(=O)N2CCc3ccccc32)cc1. The van der Waals surface area contributed by atoms with Gasteiger partial charge in [0, 0.05) is 44.1 Å². The molecule has 2 aromatic rings. The first-order chi connectivity index (χ1) is 10.1. The number of benzene rings is 1. The van der Waals surface area contributed by atoms with Crippen LogP contribution in [0.25, 0.3) is 0 Å². The van der Waals surface area contributed by atoms with E-state index in [1.165, 1.54) is 5.56 Å². The summed E-state index contributed by atoms with van der Waals surface area (Å²) < 4.78 is 1.93. The number of pyridine rings is 1. The molecule has 1 aromatic heterocycles. The van der Waals surface area contributed by atoms with E-state index in [0.717, 1.165) is 24.3 Å². The number of fused-ring (bicyclic) bond motifs is 1. The fourth-order valence-electron chi connectivity index (χ4n) is 2.69. The number of carbonyl (C=O) groups is 1. The van der Waals surface area contributed by atoms with Crippen LogP contribution in [0.2, 0.25) is 0 Å². The van der Waals surface area contributed by atoms with Gasteiger partial charge in [-0.3, -0.25) is 4.79 Å². The predicted molar refractivity (Wildman–Crippen MR) is 83.5 cm³/mol. The highest BCUT2D eigenvalue weighted by atomic mass is 16.2. The Hall–Kier alpha value is -2.36. The molecule has 108 valence electrons. The van der Waals surface area contributed by atoms with Crippen molar-refractivity contribution in [3.8, 4) is 0 Å². The smallest absolute Gasteiger partial charge is 0.292 e. The van der Waals surface area contributed by atoms with Crippen molar-refractivity contribution >= 4 is 17.3 Å². The van der Waals surface area contributed by atoms with Gasteiger partial charge in [0.05, 0.1) is 0 Å². The minimum atomic E-state index is 0.141. The normalized spacial score (nSPS) is 13.1. The van der Waals surface area contributed by atoms with Crippen LogP contribution in [-0.2, 0) is 17.8 Å². The maximum absolute atomic E-state index is 12.5. The van der Waals surface area contributed by atoms with Gasteiger partial charge in [-0.15, -0.1) is 0 Å². The summed E-state index contributed by atoms with van der Waals surface area (Å²) in [5, 5.41) is 0. The Morgan fingerprint density at radius 3 is 2.62 bits per heavy atom. The molecule has 0 fully saturated rings. The summed E-state index contributed by atoms with van der Waals surface area (Å²) in [5.74, 6) is 0.141. The van der Waals surface area contributed by atoms with E-state index in [1.54, 1.807) is 0 Å². The van der Waals surface area contributed by atoms with Crippen LogP contribution < -0.4 is 14.4 Å². The van der Waals surface area contributed by atoms with Gasteiger partial charge in [0.25, 0.3) is 5.91 Å². The molecule has 0 atom stereocenters. The van der Waals surface area contributed by atoms with Crippen LogP contribution in [0.5, 0.6) is 0 Å². The number of carbonyl (C=O) groups excluding carboxylic acids is 1. The van der Waals surface area contributed by atoms with Crippen LogP contribution >= 0.6 is 0 Å². The second-order valence-corrected chi connectivity index (χ2v) is 5.55. The lowest BCUT2D eigenvalue weighted by molar-refractivity contribution is -0.684. The molecule has 0 unspecified atom stereocenters. The number of anilines is 2. The van der Waals surface area contributed by atoms with Gasteiger partial charge >= 0.3 is 0 Å². The van der Waals surface area contributed by atoms with E-state index in [-0.39, 0.29) is 5.91 Å². The molecular weight excluding hydrogens is 262 g/mol. The van der Waals surface area contributed by atoms with E-state index in [0.29, 0.717) is 6.54 Å². The van der Waals surface area contributed by atoms with Crippen LogP contribution in [0.15, 0.2) is 48.8 Å². The summed E-state index contributed by atoms with van der Waals surface area (Å²) in [6.45, 7) is 1.16. The molecule has 0 radical (unpaired) electrons. The maximum Gasteiger partial charge on any atom is 0.292 e. The third-order valence-electron chi connectivity index (χ3n) is 3.90. The highest BCUT2D eigenvalue weighted by Crippen LogP contribution is 2.27. The van der Waals surface area contributed by atoms with Crippen molar-refractivity contribution < 1.29 is 9.36 Å². The number of hydrogen-bond donors (Lipinski definition) is 0. The topological polar surface area (TPSA) is 27.4 Å². The van der Waals surface area contributed by atoms with Crippen molar-refractivity contribution in [1.82, 2.24) is 0 Å². The highest BCUT2D eigenvalue weighted by Gasteiger charge is 2.26. The zero-order valence-corrected chi connectivity index (χ0v) is 12.5. The number of nitrogens with zero attached hydrogens (tertiary/aromatic N) is 3. The standard InChI is InChI=1S/C17H20N3O/c1-18(2)15-8-10-19(11-9-15)13-17(21)20-12-7-14-5-3-4-6-16(14)20/h3-6,8-11H,7,12-13H2,1-2H3/q+1. The van der Waals surface area contributed by atoms with E-state index >= 15 is 0 Å². The first-order valence-corrected chi connectivity index (χ1v) is 7.20. The zero-order chi connectivity index (χ0) is 14.8. The Morgan fingerprint density at radius 2 is 1.90 bits per heavy atom. The number of hydrogen-bond acceptors (Lipinski definition) is 2. The monoisotopic (exact) mass is 282 g/mol. The summed E-state index contributed by atoms with van der Waals surface area (Å²) in [7, 11) is 4.01.